The molecule has 0 saturated carbocycles. The number of ether oxygens (including phenoxy) is 2. The van der Waals surface area contributed by atoms with Gasteiger partial charge in [0, 0.05) is 32.6 Å². The molecule has 0 aliphatic carbocycles. The molecule has 2 aromatic rings. The van der Waals surface area contributed by atoms with Gasteiger partial charge in [0.25, 0.3) is 0 Å². The summed E-state index contributed by atoms with van der Waals surface area (Å²) in [7, 11) is 3.37. The molecule has 4 amide bonds. The number of piperidine rings is 1. The van der Waals surface area contributed by atoms with E-state index >= 15 is 0 Å². The molecule has 2 aliphatic heterocycles. The van der Waals surface area contributed by atoms with Crippen molar-refractivity contribution in [2.45, 2.75) is 50.8 Å². The van der Waals surface area contributed by atoms with Crippen molar-refractivity contribution in [2.75, 3.05) is 40.4 Å². The first-order valence-corrected chi connectivity index (χ1v) is 14.1. The van der Waals surface area contributed by atoms with Crippen molar-refractivity contribution in [3.8, 4) is 5.75 Å². The quantitative estimate of drug-likeness (QED) is 0.393. The van der Waals surface area contributed by atoms with E-state index in [2.05, 4.69) is 10.6 Å². The number of benzene rings is 2. The zero-order chi connectivity index (χ0) is 30.5. The average Bonchev–Trinajstić information content (AvgIpc) is 3.20. The minimum atomic E-state index is -1.49. The second-order valence-corrected chi connectivity index (χ2v) is 11.6. The second kappa shape index (κ2) is 12.8. The molecule has 1 spiro atoms. The molecule has 226 valence electrons. The number of carboxylic acid groups (broad SMARTS) is 1. The highest BCUT2D eigenvalue weighted by Crippen LogP contribution is 2.49. The Bertz CT molecular complexity index is 1280. The molecule has 4 rings (SSSR count). The summed E-state index contributed by atoms with van der Waals surface area (Å²) in [6.07, 6.45) is -0.0729. The van der Waals surface area contributed by atoms with Crippen LogP contribution in [0.1, 0.15) is 43.7 Å². The van der Waals surface area contributed by atoms with Gasteiger partial charge in [-0.2, -0.15) is 0 Å². The molecule has 2 unspecified atom stereocenters. The summed E-state index contributed by atoms with van der Waals surface area (Å²) in [5, 5.41) is 14.1. The monoisotopic (exact) mass is 580 g/mol. The van der Waals surface area contributed by atoms with Crippen LogP contribution in [-0.2, 0) is 25.7 Å². The predicted octanol–water partition coefficient (Wildman–Crippen LogP) is 2.61. The molecule has 2 heterocycles. The number of methoxy groups -OCH3 is 1. The molecule has 11 heteroatoms. The highest BCUT2D eigenvalue weighted by atomic mass is 16.5. The summed E-state index contributed by atoms with van der Waals surface area (Å²) >= 11 is 0. The van der Waals surface area contributed by atoms with Crippen molar-refractivity contribution in [3.63, 3.8) is 0 Å². The van der Waals surface area contributed by atoms with E-state index in [0.717, 1.165) is 11.1 Å². The third-order valence-corrected chi connectivity index (χ3v) is 8.24. The minimum absolute atomic E-state index is 0.0111. The van der Waals surface area contributed by atoms with Crippen molar-refractivity contribution >= 4 is 23.8 Å². The second-order valence-electron chi connectivity index (χ2n) is 11.6. The lowest BCUT2D eigenvalue weighted by atomic mass is 9.69. The highest BCUT2D eigenvalue weighted by molar-refractivity contribution is 5.94. The van der Waals surface area contributed by atoms with Gasteiger partial charge in [0.2, 0.25) is 17.7 Å². The number of nitrogens with zero attached hydrogens (tertiary/aromatic N) is 2. The van der Waals surface area contributed by atoms with E-state index in [1.54, 1.807) is 36.1 Å². The van der Waals surface area contributed by atoms with Crippen molar-refractivity contribution in [1.29, 1.82) is 0 Å². The van der Waals surface area contributed by atoms with Crippen molar-refractivity contribution < 1.29 is 33.8 Å². The van der Waals surface area contributed by atoms with E-state index in [0.29, 0.717) is 31.7 Å². The third-order valence-electron chi connectivity index (χ3n) is 8.24. The highest BCUT2D eigenvalue weighted by Gasteiger charge is 2.56. The smallest absolute Gasteiger partial charge is 0.405 e. The topological polar surface area (TPSA) is 138 Å². The van der Waals surface area contributed by atoms with Gasteiger partial charge in [-0.1, -0.05) is 42.5 Å². The van der Waals surface area contributed by atoms with Gasteiger partial charge in [-0.25, -0.2) is 4.79 Å². The fraction of sp³-hybridized carbons (Fsp3) is 0.484. The van der Waals surface area contributed by atoms with Gasteiger partial charge in [-0.15, -0.1) is 0 Å². The SMILES string of the molecule is COc1ccc(COC[C@@H](NC(=O)C(C)(C)NC(=O)O)C(=O)N2CCCC3(C2)C(=O)N(C)CC3c2ccccc2)cc1. The van der Waals surface area contributed by atoms with E-state index in [1.807, 2.05) is 42.5 Å². The fourth-order valence-corrected chi connectivity index (χ4v) is 5.98. The van der Waals surface area contributed by atoms with Crippen LogP contribution in [0.3, 0.4) is 0 Å². The average molecular weight is 581 g/mol. The number of hydrogen-bond acceptors (Lipinski definition) is 6. The Morgan fingerprint density at radius 1 is 1.12 bits per heavy atom. The first-order chi connectivity index (χ1) is 20.0. The maximum absolute atomic E-state index is 14.0. The van der Waals surface area contributed by atoms with Gasteiger partial charge in [-0.3, -0.25) is 14.4 Å². The van der Waals surface area contributed by atoms with Crippen LogP contribution in [0, 0.1) is 5.41 Å². The summed E-state index contributed by atoms with van der Waals surface area (Å²) in [5.74, 6) is -0.409. The van der Waals surface area contributed by atoms with Gasteiger partial charge < -0.3 is 35.0 Å². The summed E-state index contributed by atoms with van der Waals surface area (Å²) in [4.78, 5) is 55.5. The molecule has 2 saturated heterocycles. The van der Waals surface area contributed by atoms with Crippen LogP contribution < -0.4 is 15.4 Å². The number of carbonyl (C=O) groups is 4. The first-order valence-electron chi connectivity index (χ1n) is 14.1. The van der Waals surface area contributed by atoms with Crippen molar-refractivity contribution in [3.05, 3.63) is 65.7 Å². The van der Waals surface area contributed by atoms with Crippen LogP contribution in [-0.4, -0.2) is 90.7 Å². The van der Waals surface area contributed by atoms with Gasteiger partial charge >= 0.3 is 6.09 Å². The number of likely N-dealkylation sites (N-methyl/N-ethyl adjacent to an activating group) is 1. The Morgan fingerprint density at radius 3 is 2.45 bits per heavy atom. The fourth-order valence-electron chi connectivity index (χ4n) is 5.98. The summed E-state index contributed by atoms with van der Waals surface area (Å²) in [5.41, 5.74) is -0.361. The lowest BCUT2D eigenvalue weighted by Crippen LogP contribution is -2.61. The van der Waals surface area contributed by atoms with Gasteiger partial charge in [-0.05, 0) is 49.9 Å². The van der Waals surface area contributed by atoms with Crippen LogP contribution in [0.25, 0.3) is 0 Å². The number of rotatable bonds is 10. The molecular weight excluding hydrogens is 540 g/mol. The molecule has 0 bridgehead atoms. The molecule has 0 aromatic heterocycles. The Morgan fingerprint density at radius 2 is 1.81 bits per heavy atom. The Labute approximate surface area is 246 Å². The molecule has 2 aliphatic rings. The normalized spacial score (nSPS) is 21.2. The van der Waals surface area contributed by atoms with E-state index in [-0.39, 0.29) is 37.5 Å². The number of nitrogens with one attached hydrogen (secondary N) is 2. The summed E-state index contributed by atoms with van der Waals surface area (Å²) in [6, 6.07) is 16.1. The van der Waals surface area contributed by atoms with Gasteiger partial charge in [0.15, 0.2) is 0 Å². The van der Waals surface area contributed by atoms with Gasteiger partial charge in [0.1, 0.15) is 17.3 Å². The molecule has 42 heavy (non-hydrogen) atoms. The largest absolute Gasteiger partial charge is 0.497 e. The van der Waals surface area contributed by atoms with Crippen molar-refractivity contribution in [1.82, 2.24) is 20.4 Å². The molecule has 0 radical (unpaired) electrons. The zero-order valence-corrected chi connectivity index (χ0v) is 24.6. The van der Waals surface area contributed by atoms with E-state index in [1.165, 1.54) is 13.8 Å². The Balaban J connectivity index is 1.55. The van der Waals surface area contributed by atoms with Crippen molar-refractivity contribution in [2.24, 2.45) is 5.41 Å². The maximum atomic E-state index is 14.0. The van der Waals surface area contributed by atoms with E-state index in [4.69, 9.17) is 9.47 Å². The van der Waals surface area contributed by atoms with E-state index in [9.17, 15) is 24.3 Å². The van der Waals surface area contributed by atoms with Crippen LogP contribution in [0.2, 0.25) is 0 Å². The predicted molar refractivity (Wildman–Crippen MR) is 155 cm³/mol. The maximum Gasteiger partial charge on any atom is 0.405 e. The molecular formula is C31H40N4O7. The molecule has 3 atom stereocenters. The number of likely N-dealkylation sites (tertiary alicyclic amines) is 2. The minimum Gasteiger partial charge on any atom is -0.497 e. The number of hydrogen-bond donors (Lipinski definition) is 3. The Kier molecular flexibility index (Phi) is 9.40. The Hall–Kier alpha value is -4.12. The molecule has 11 nitrogen and oxygen atoms in total. The van der Waals surface area contributed by atoms with E-state index < -0.39 is 29.0 Å². The number of amides is 4. The summed E-state index contributed by atoms with van der Waals surface area (Å²) in [6.45, 7) is 4.10. The van der Waals surface area contributed by atoms with Crippen LogP contribution >= 0.6 is 0 Å². The lowest BCUT2D eigenvalue weighted by molar-refractivity contribution is -0.147. The molecule has 3 N–H and O–H groups in total. The first kappa shape index (κ1) is 30.8. The van der Waals surface area contributed by atoms with Crippen LogP contribution in [0.5, 0.6) is 5.75 Å². The summed E-state index contributed by atoms with van der Waals surface area (Å²) < 4.78 is 11.1. The third kappa shape index (κ3) is 6.67. The van der Waals surface area contributed by atoms with Crippen LogP contribution in [0.15, 0.2) is 54.6 Å². The standard InChI is InChI=1S/C31H40N4O7/c1-30(2,33-29(39)40)27(37)32-25(19-42-18-21-11-13-23(41-4)14-12-21)26(36)35-16-8-15-31(20-35)24(17-34(3)28(31)38)22-9-6-5-7-10-22/h5-7,9-14,24-25,33H,8,15-20H2,1-4H3,(H,32,37)(H,39,40)/t24?,25-,31?/m1/s1. The zero-order valence-electron chi connectivity index (χ0n) is 24.6. The molecule has 2 aromatic carbocycles. The van der Waals surface area contributed by atoms with Gasteiger partial charge in [0.05, 0.1) is 25.7 Å². The molecule has 2 fully saturated rings. The lowest BCUT2D eigenvalue weighted by Gasteiger charge is -2.43. The van der Waals surface area contributed by atoms with Crippen LogP contribution in [0.4, 0.5) is 4.79 Å². The number of carbonyl (C=O) groups excluding carboxylic acids is 3.